The first-order chi connectivity index (χ1) is 12.3. The Morgan fingerprint density at radius 1 is 1.38 bits per heavy atom. The molecule has 1 aliphatic rings. The van der Waals surface area contributed by atoms with Crippen molar-refractivity contribution >= 4 is 17.7 Å². The van der Waals surface area contributed by atoms with Crippen LogP contribution < -0.4 is 0 Å². The maximum absolute atomic E-state index is 12.6. The lowest BCUT2D eigenvalue weighted by Gasteiger charge is -2.41. The van der Waals surface area contributed by atoms with E-state index < -0.39 is 0 Å². The number of nitrogens with zero attached hydrogens (tertiary/aromatic N) is 2. The summed E-state index contributed by atoms with van der Waals surface area (Å²) < 4.78 is 5.87. The van der Waals surface area contributed by atoms with E-state index in [9.17, 15) is 4.79 Å². The number of aromatic amines is 1. The van der Waals surface area contributed by atoms with E-state index in [-0.39, 0.29) is 17.6 Å². The molecular formula is C20H27N3O2S. The molecule has 1 saturated heterocycles. The molecule has 1 N–H and O–H groups in total. The zero-order valence-electron chi connectivity index (χ0n) is 15.9. The Bertz CT molecular complexity index is 758. The summed E-state index contributed by atoms with van der Waals surface area (Å²) in [5.41, 5.74) is 3.04. The fraction of sp³-hybridized carbons (Fsp3) is 0.500. The van der Waals surface area contributed by atoms with Gasteiger partial charge in [0.05, 0.1) is 23.2 Å². The number of ether oxygens (including phenoxy) is 1. The summed E-state index contributed by atoms with van der Waals surface area (Å²) in [5.74, 6) is 0.525. The van der Waals surface area contributed by atoms with Crippen molar-refractivity contribution in [1.29, 1.82) is 0 Å². The first-order valence-corrected chi connectivity index (χ1v) is 9.99. The molecule has 1 atom stereocenters. The largest absolute Gasteiger partial charge is 0.369 e. The minimum absolute atomic E-state index is 0.0658. The number of imidazole rings is 1. The van der Waals surface area contributed by atoms with Crippen LogP contribution in [0.25, 0.3) is 0 Å². The number of aromatic nitrogens is 2. The number of nitrogens with one attached hydrogen (secondary N) is 1. The number of H-pyrrole nitrogens is 1. The van der Waals surface area contributed by atoms with Crippen molar-refractivity contribution in [2.45, 2.75) is 51.0 Å². The van der Waals surface area contributed by atoms with Crippen LogP contribution in [0.5, 0.6) is 0 Å². The Balaban J connectivity index is 1.58. The van der Waals surface area contributed by atoms with Crippen LogP contribution in [0.1, 0.15) is 37.7 Å². The Morgan fingerprint density at radius 2 is 2.12 bits per heavy atom. The van der Waals surface area contributed by atoms with E-state index in [1.807, 2.05) is 50.8 Å². The fourth-order valence-electron chi connectivity index (χ4n) is 3.36. The molecule has 1 aliphatic heterocycles. The lowest BCUT2D eigenvalue weighted by atomic mass is 10.1. The quantitative estimate of drug-likeness (QED) is 0.816. The lowest BCUT2D eigenvalue weighted by Crippen LogP contribution is -2.54. The summed E-state index contributed by atoms with van der Waals surface area (Å²) in [7, 11) is 0. The summed E-state index contributed by atoms with van der Waals surface area (Å²) in [6.07, 6.45) is 0.864. The van der Waals surface area contributed by atoms with Crippen LogP contribution in [0.15, 0.2) is 35.5 Å². The molecule has 5 nitrogen and oxygen atoms in total. The smallest absolute Gasteiger partial charge is 0.233 e. The lowest BCUT2D eigenvalue weighted by molar-refractivity contribution is -0.155. The van der Waals surface area contributed by atoms with E-state index >= 15 is 0 Å². The molecule has 2 heterocycles. The van der Waals surface area contributed by atoms with E-state index in [0.29, 0.717) is 18.8 Å². The maximum atomic E-state index is 12.6. The Hall–Kier alpha value is -1.79. The number of carbonyl (C=O) groups excluding carboxylic acids is 1. The van der Waals surface area contributed by atoms with Crippen LogP contribution in [0.4, 0.5) is 0 Å². The molecule has 140 valence electrons. The minimum Gasteiger partial charge on any atom is -0.369 e. The predicted octanol–water partition coefficient (Wildman–Crippen LogP) is 3.43. The number of amides is 1. The summed E-state index contributed by atoms with van der Waals surface area (Å²) in [6.45, 7) is 9.39. The standard InChI is InChI=1S/C20H27N3O2S/c1-14-11-23(13-20(3,4)25-14)18(24)12-26-19-21-15(2)17(22-19)10-16-8-6-5-7-9-16/h5-9,14H,10-13H2,1-4H3,(H,21,22)/t14-/m1/s1. The van der Waals surface area contributed by atoms with Gasteiger partial charge in [-0.2, -0.15) is 0 Å². The summed E-state index contributed by atoms with van der Waals surface area (Å²) in [4.78, 5) is 22.5. The molecular weight excluding hydrogens is 346 g/mol. The molecule has 0 saturated carbocycles. The molecule has 0 unspecified atom stereocenters. The molecule has 1 fully saturated rings. The number of carbonyl (C=O) groups is 1. The van der Waals surface area contributed by atoms with E-state index in [1.54, 1.807) is 0 Å². The Labute approximate surface area is 159 Å². The second kappa shape index (κ2) is 7.84. The summed E-state index contributed by atoms with van der Waals surface area (Å²) in [6, 6.07) is 10.3. The topological polar surface area (TPSA) is 58.2 Å². The van der Waals surface area contributed by atoms with Gasteiger partial charge >= 0.3 is 0 Å². The van der Waals surface area contributed by atoms with E-state index in [1.165, 1.54) is 17.3 Å². The number of thioether (sulfide) groups is 1. The van der Waals surface area contributed by atoms with Gasteiger partial charge in [0.15, 0.2) is 5.16 Å². The first kappa shape index (κ1) is 19.0. The Kier molecular flexibility index (Phi) is 5.73. The average molecular weight is 374 g/mol. The van der Waals surface area contributed by atoms with Gasteiger partial charge in [0, 0.05) is 25.2 Å². The van der Waals surface area contributed by atoms with Gasteiger partial charge in [-0.1, -0.05) is 42.1 Å². The van der Waals surface area contributed by atoms with E-state index in [4.69, 9.17) is 4.74 Å². The number of morpholine rings is 1. The third-order valence-corrected chi connectivity index (χ3v) is 5.29. The van der Waals surface area contributed by atoms with Crippen LogP contribution >= 0.6 is 11.8 Å². The van der Waals surface area contributed by atoms with Crippen LogP contribution in [-0.4, -0.2) is 51.3 Å². The molecule has 6 heteroatoms. The summed E-state index contributed by atoms with van der Waals surface area (Å²) >= 11 is 1.47. The highest BCUT2D eigenvalue weighted by Crippen LogP contribution is 2.23. The maximum Gasteiger partial charge on any atom is 0.233 e. The third-order valence-electron chi connectivity index (χ3n) is 4.43. The molecule has 3 rings (SSSR count). The van der Waals surface area contributed by atoms with Crippen molar-refractivity contribution in [3.05, 3.63) is 47.3 Å². The molecule has 0 aliphatic carbocycles. The van der Waals surface area contributed by atoms with Crippen molar-refractivity contribution in [3.63, 3.8) is 0 Å². The number of aryl methyl sites for hydroxylation is 1. The monoisotopic (exact) mass is 373 g/mol. The minimum atomic E-state index is -0.290. The van der Waals surface area contributed by atoms with Gasteiger partial charge in [0.25, 0.3) is 0 Å². The van der Waals surface area contributed by atoms with Crippen molar-refractivity contribution < 1.29 is 9.53 Å². The van der Waals surface area contributed by atoms with Gasteiger partial charge < -0.3 is 14.6 Å². The van der Waals surface area contributed by atoms with Crippen LogP contribution in [0, 0.1) is 6.92 Å². The average Bonchev–Trinajstić information content (AvgIpc) is 2.91. The van der Waals surface area contributed by atoms with Gasteiger partial charge in [-0.15, -0.1) is 0 Å². The molecule has 0 bridgehead atoms. The van der Waals surface area contributed by atoms with E-state index in [2.05, 4.69) is 22.1 Å². The second-order valence-corrected chi connectivity index (χ2v) is 8.49. The molecule has 26 heavy (non-hydrogen) atoms. The highest BCUT2D eigenvalue weighted by Gasteiger charge is 2.33. The molecule has 1 aromatic heterocycles. The van der Waals surface area contributed by atoms with Gasteiger partial charge in [-0.05, 0) is 33.3 Å². The van der Waals surface area contributed by atoms with Crippen molar-refractivity contribution in [2.75, 3.05) is 18.8 Å². The number of benzene rings is 1. The Morgan fingerprint density at radius 3 is 2.81 bits per heavy atom. The highest BCUT2D eigenvalue weighted by molar-refractivity contribution is 7.99. The van der Waals surface area contributed by atoms with Gasteiger partial charge in [-0.3, -0.25) is 4.79 Å². The number of hydrogen-bond acceptors (Lipinski definition) is 4. The van der Waals surface area contributed by atoms with Gasteiger partial charge in [0.1, 0.15) is 0 Å². The molecule has 0 radical (unpaired) electrons. The SMILES string of the molecule is Cc1[nH]c(SCC(=O)N2C[C@@H](C)OC(C)(C)C2)nc1Cc1ccccc1. The summed E-state index contributed by atoms with van der Waals surface area (Å²) in [5, 5.41) is 0.808. The van der Waals surface area contributed by atoms with E-state index in [0.717, 1.165) is 23.0 Å². The van der Waals surface area contributed by atoms with Crippen molar-refractivity contribution in [2.24, 2.45) is 0 Å². The molecule has 0 spiro atoms. The van der Waals surface area contributed by atoms with Crippen molar-refractivity contribution in [3.8, 4) is 0 Å². The third kappa shape index (κ3) is 4.89. The molecule has 1 amide bonds. The first-order valence-electron chi connectivity index (χ1n) is 9.00. The number of hydrogen-bond donors (Lipinski definition) is 1. The zero-order valence-corrected chi connectivity index (χ0v) is 16.7. The molecule has 1 aromatic carbocycles. The number of rotatable bonds is 5. The van der Waals surface area contributed by atoms with Gasteiger partial charge in [-0.25, -0.2) is 4.98 Å². The van der Waals surface area contributed by atoms with Crippen LogP contribution in [0.3, 0.4) is 0 Å². The van der Waals surface area contributed by atoms with Crippen molar-refractivity contribution in [1.82, 2.24) is 14.9 Å². The van der Waals surface area contributed by atoms with Crippen LogP contribution in [-0.2, 0) is 16.0 Å². The highest BCUT2D eigenvalue weighted by atomic mass is 32.2. The van der Waals surface area contributed by atoms with Gasteiger partial charge in [0.2, 0.25) is 5.91 Å². The zero-order chi connectivity index (χ0) is 18.7. The molecule has 2 aromatic rings. The normalized spacial score (nSPS) is 19.5. The predicted molar refractivity (Wildman–Crippen MR) is 105 cm³/mol. The second-order valence-electron chi connectivity index (χ2n) is 7.53. The fourth-order valence-corrected chi connectivity index (χ4v) is 4.20. The van der Waals surface area contributed by atoms with Crippen LogP contribution in [0.2, 0.25) is 0 Å².